The van der Waals surface area contributed by atoms with Crippen LogP contribution in [0.2, 0.25) is 5.15 Å². The van der Waals surface area contributed by atoms with E-state index in [4.69, 9.17) is 11.6 Å². The quantitative estimate of drug-likeness (QED) is 0.673. The Kier molecular flexibility index (Phi) is 2.66. The van der Waals surface area contributed by atoms with Crippen molar-refractivity contribution in [1.29, 1.82) is 0 Å². The predicted molar refractivity (Wildman–Crippen MR) is 53.0 cm³/mol. The Hall–Kier alpha value is -0.0800. The summed E-state index contributed by atoms with van der Waals surface area (Å²) in [6.45, 7) is 0. The molecule has 1 aliphatic rings. The van der Waals surface area contributed by atoms with Crippen molar-refractivity contribution in [3.8, 4) is 0 Å². The first-order valence-corrected chi connectivity index (χ1v) is 5.73. The van der Waals surface area contributed by atoms with Crippen molar-refractivity contribution in [2.24, 2.45) is 0 Å². The molecule has 12 heavy (non-hydrogen) atoms. The van der Waals surface area contributed by atoms with Crippen LogP contribution in [-0.4, -0.2) is 4.98 Å². The lowest BCUT2D eigenvalue weighted by Gasteiger charge is -2.18. The third-order valence-electron chi connectivity index (χ3n) is 2.45. The Morgan fingerprint density at radius 2 is 2.08 bits per heavy atom. The van der Waals surface area contributed by atoms with Gasteiger partial charge in [0.15, 0.2) is 0 Å². The van der Waals surface area contributed by atoms with E-state index in [1.807, 2.05) is 5.38 Å². The lowest BCUT2D eigenvalue weighted by atomic mass is 9.90. The van der Waals surface area contributed by atoms with Crippen LogP contribution in [0.1, 0.15) is 43.0 Å². The Morgan fingerprint density at radius 3 is 2.67 bits per heavy atom. The van der Waals surface area contributed by atoms with Crippen molar-refractivity contribution in [1.82, 2.24) is 4.98 Å². The highest BCUT2D eigenvalue weighted by Gasteiger charge is 2.17. The van der Waals surface area contributed by atoms with Crippen molar-refractivity contribution >= 4 is 22.9 Å². The molecule has 0 bridgehead atoms. The SMILES string of the molecule is Clc1csc(C2CCCCC2)n1. The van der Waals surface area contributed by atoms with E-state index in [-0.39, 0.29) is 0 Å². The lowest BCUT2D eigenvalue weighted by molar-refractivity contribution is 0.442. The maximum absolute atomic E-state index is 5.78. The van der Waals surface area contributed by atoms with E-state index < -0.39 is 0 Å². The molecule has 1 aromatic rings. The average Bonchev–Trinajstić information content (AvgIpc) is 2.54. The van der Waals surface area contributed by atoms with Crippen LogP contribution in [0.3, 0.4) is 0 Å². The van der Waals surface area contributed by atoms with Crippen molar-refractivity contribution in [3.63, 3.8) is 0 Å². The second-order valence-corrected chi connectivity index (χ2v) is 4.62. The number of hydrogen-bond donors (Lipinski definition) is 0. The number of rotatable bonds is 1. The fourth-order valence-electron chi connectivity index (χ4n) is 1.80. The van der Waals surface area contributed by atoms with E-state index in [1.165, 1.54) is 37.1 Å². The first kappa shape index (κ1) is 8.52. The van der Waals surface area contributed by atoms with Crippen LogP contribution in [0.15, 0.2) is 5.38 Å². The van der Waals surface area contributed by atoms with Crippen molar-refractivity contribution in [3.05, 3.63) is 15.5 Å². The highest BCUT2D eigenvalue weighted by Crippen LogP contribution is 2.34. The zero-order valence-corrected chi connectivity index (χ0v) is 8.50. The predicted octanol–water partition coefficient (Wildman–Crippen LogP) is 3.84. The summed E-state index contributed by atoms with van der Waals surface area (Å²) in [5, 5.41) is 3.85. The molecule has 1 heterocycles. The molecule has 0 N–H and O–H groups in total. The van der Waals surface area contributed by atoms with Gasteiger partial charge < -0.3 is 0 Å². The maximum Gasteiger partial charge on any atom is 0.140 e. The smallest absolute Gasteiger partial charge is 0.140 e. The topological polar surface area (TPSA) is 12.9 Å². The molecule has 2 rings (SSSR count). The molecule has 1 nitrogen and oxygen atoms in total. The molecule has 66 valence electrons. The van der Waals surface area contributed by atoms with Crippen LogP contribution < -0.4 is 0 Å². The summed E-state index contributed by atoms with van der Waals surface area (Å²) in [4.78, 5) is 4.32. The van der Waals surface area contributed by atoms with Gasteiger partial charge in [-0.1, -0.05) is 30.9 Å². The summed E-state index contributed by atoms with van der Waals surface area (Å²) in [6.07, 6.45) is 6.74. The summed E-state index contributed by atoms with van der Waals surface area (Å²) in [5.41, 5.74) is 0. The molecular weight excluding hydrogens is 190 g/mol. The van der Waals surface area contributed by atoms with Crippen molar-refractivity contribution < 1.29 is 0 Å². The number of thiazole rings is 1. The van der Waals surface area contributed by atoms with Gasteiger partial charge in [-0.2, -0.15) is 0 Å². The molecule has 0 saturated heterocycles. The van der Waals surface area contributed by atoms with Gasteiger partial charge in [0.25, 0.3) is 0 Å². The first-order valence-electron chi connectivity index (χ1n) is 4.47. The molecule has 0 unspecified atom stereocenters. The van der Waals surface area contributed by atoms with Crippen LogP contribution in [-0.2, 0) is 0 Å². The normalized spacial score (nSPS) is 19.8. The van der Waals surface area contributed by atoms with E-state index >= 15 is 0 Å². The van der Waals surface area contributed by atoms with Crippen LogP contribution >= 0.6 is 22.9 Å². The minimum absolute atomic E-state index is 0.667. The van der Waals surface area contributed by atoms with Crippen LogP contribution in [0.4, 0.5) is 0 Å². The first-order chi connectivity index (χ1) is 5.86. The minimum atomic E-state index is 0.667. The second kappa shape index (κ2) is 3.75. The molecule has 1 aromatic heterocycles. The summed E-state index contributed by atoms with van der Waals surface area (Å²) < 4.78 is 0. The monoisotopic (exact) mass is 201 g/mol. The van der Waals surface area contributed by atoms with Crippen molar-refractivity contribution in [2.75, 3.05) is 0 Å². The zero-order chi connectivity index (χ0) is 8.39. The number of hydrogen-bond acceptors (Lipinski definition) is 2. The van der Waals surface area contributed by atoms with Gasteiger partial charge in [0.2, 0.25) is 0 Å². The summed E-state index contributed by atoms with van der Waals surface area (Å²) in [6, 6.07) is 0. The van der Waals surface area contributed by atoms with E-state index in [0.717, 1.165) is 0 Å². The van der Waals surface area contributed by atoms with Gasteiger partial charge in [-0.15, -0.1) is 11.3 Å². The second-order valence-electron chi connectivity index (χ2n) is 3.34. The minimum Gasteiger partial charge on any atom is -0.229 e. The van der Waals surface area contributed by atoms with Gasteiger partial charge >= 0.3 is 0 Å². The molecule has 1 aliphatic carbocycles. The fraction of sp³-hybridized carbons (Fsp3) is 0.667. The number of nitrogens with zero attached hydrogens (tertiary/aromatic N) is 1. The van der Waals surface area contributed by atoms with E-state index in [1.54, 1.807) is 11.3 Å². The number of halogens is 1. The molecular formula is C9H12ClNS. The molecule has 1 saturated carbocycles. The van der Waals surface area contributed by atoms with Gasteiger partial charge in [-0.25, -0.2) is 4.98 Å². The lowest BCUT2D eigenvalue weighted by Crippen LogP contribution is -2.03. The molecule has 0 amide bonds. The molecule has 3 heteroatoms. The Morgan fingerprint density at radius 1 is 1.33 bits per heavy atom. The van der Waals surface area contributed by atoms with Crippen LogP contribution in [0.5, 0.6) is 0 Å². The summed E-state index contributed by atoms with van der Waals surface area (Å²) in [7, 11) is 0. The van der Waals surface area contributed by atoms with E-state index in [0.29, 0.717) is 11.1 Å². The molecule has 1 fully saturated rings. The van der Waals surface area contributed by atoms with Gasteiger partial charge in [0.05, 0.1) is 5.01 Å². The maximum atomic E-state index is 5.78. The van der Waals surface area contributed by atoms with Crippen molar-refractivity contribution in [2.45, 2.75) is 38.0 Å². The number of aromatic nitrogens is 1. The molecule has 0 spiro atoms. The molecule has 0 aliphatic heterocycles. The fourth-order valence-corrected chi connectivity index (χ4v) is 2.93. The van der Waals surface area contributed by atoms with Gasteiger partial charge in [0, 0.05) is 11.3 Å². The Labute approximate surface area is 81.8 Å². The van der Waals surface area contributed by atoms with Crippen LogP contribution in [0.25, 0.3) is 0 Å². The molecule has 0 radical (unpaired) electrons. The Bertz CT molecular complexity index is 253. The zero-order valence-electron chi connectivity index (χ0n) is 6.92. The van der Waals surface area contributed by atoms with Gasteiger partial charge in [-0.05, 0) is 12.8 Å². The molecule has 0 aromatic carbocycles. The third-order valence-corrected chi connectivity index (χ3v) is 3.78. The summed E-state index contributed by atoms with van der Waals surface area (Å²) >= 11 is 7.49. The van der Waals surface area contributed by atoms with E-state index in [9.17, 15) is 0 Å². The van der Waals surface area contributed by atoms with Crippen LogP contribution in [0, 0.1) is 0 Å². The Balaban J connectivity index is 2.08. The standard InChI is InChI=1S/C9H12ClNS/c10-8-6-12-9(11-8)7-4-2-1-3-5-7/h6-7H,1-5H2. The highest BCUT2D eigenvalue weighted by molar-refractivity contribution is 7.10. The van der Waals surface area contributed by atoms with Gasteiger partial charge in [0.1, 0.15) is 5.15 Å². The third kappa shape index (κ3) is 1.80. The van der Waals surface area contributed by atoms with Gasteiger partial charge in [-0.3, -0.25) is 0 Å². The summed E-state index contributed by atoms with van der Waals surface area (Å²) in [5.74, 6) is 0.705. The average molecular weight is 202 g/mol. The highest BCUT2D eigenvalue weighted by atomic mass is 35.5. The molecule has 0 atom stereocenters. The largest absolute Gasteiger partial charge is 0.229 e. The van der Waals surface area contributed by atoms with E-state index in [2.05, 4.69) is 4.98 Å².